The summed E-state index contributed by atoms with van der Waals surface area (Å²) in [6.07, 6.45) is 1.43. The summed E-state index contributed by atoms with van der Waals surface area (Å²) in [7, 11) is 1.64. The highest BCUT2D eigenvalue weighted by Gasteiger charge is 2.27. The van der Waals surface area contributed by atoms with Gasteiger partial charge < -0.3 is 15.0 Å². The maximum absolute atomic E-state index is 13.4. The molecule has 1 fully saturated rings. The summed E-state index contributed by atoms with van der Waals surface area (Å²) < 4.78 is 7.64. The fourth-order valence-electron chi connectivity index (χ4n) is 4.57. The average Bonchev–Trinajstić information content (AvgIpc) is 3.05. The molecule has 0 unspecified atom stereocenters. The molecule has 162 valence electrons. The molecule has 0 spiro atoms. The number of carbonyl (C=O) groups excluding carboxylic acids is 2. The van der Waals surface area contributed by atoms with Crippen LogP contribution in [0.2, 0.25) is 0 Å². The Morgan fingerprint density at radius 1 is 1.10 bits per heavy atom. The molecule has 0 atom stereocenters. The number of hydrogen-bond donors (Lipinski definition) is 1. The van der Waals surface area contributed by atoms with Gasteiger partial charge in [-0.1, -0.05) is 30.3 Å². The number of methoxy groups -OCH3 is 1. The van der Waals surface area contributed by atoms with E-state index in [1.807, 2.05) is 43.3 Å². The van der Waals surface area contributed by atoms with Gasteiger partial charge in [0.1, 0.15) is 5.75 Å². The Labute approximate surface area is 182 Å². The third kappa shape index (κ3) is 4.35. The Kier molecular flexibility index (Phi) is 6.09. The molecule has 4 rings (SSSR count). The van der Waals surface area contributed by atoms with E-state index >= 15 is 0 Å². The lowest BCUT2D eigenvalue weighted by Gasteiger charge is -2.29. The van der Waals surface area contributed by atoms with Crippen molar-refractivity contribution in [1.82, 2.24) is 9.47 Å². The first-order valence-electron chi connectivity index (χ1n) is 10.7. The standard InChI is InChI=1S/C25H29N3O3/c1-17-24(23(29)16-27-12-10-19(11-13-27)25(26)30)21-14-20(31-2)8-9-22(21)28(17)15-18-6-4-3-5-7-18/h3-9,14,19H,10-13,15-16H2,1-2H3,(H2,26,30). The van der Waals surface area contributed by atoms with Crippen molar-refractivity contribution in [3.05, 3.63) is 65.4 Å². The van der Waals surface area contributed by atoms with E-state index < -0.39 is 0 Å². The van der Waals surface area contributed by atoms with Gasteiger partial charge in [0.25, 0.3) is 0 Å². The second kappa shape index (κ2) is 8.94. The third-order valence-electron chi connectivity index (χ3n) is 6.35. The van der Waals surface area contributed by atoms with Gasteiger partial charge in [0.05, 0.1) is 13.7 Å². The van der Waals surface area contributed by atoms with Crippen molar-refractivity contribution in [3.8, 4) is 5.75 Å². The van der Waals surface area contributed by atoms with Crippen molar-refractivity contribution >= 4 is 22.6 Å². The van der Waals surface area contributed by atoms with E-state index in [4.69, 9.17) is 10.5 Å². The summed E-state index contributed by atoms with van der Waals surface area (Å²) in [6.45, 7) is 4.48. The Balaban J connectivity index is 1.65. The number of primary amides is 1. The number of likely N-dealkylation sites (tertiary alicyclic amines) is 1. The van der Waals surface area contributed by atoms with Gasteiger partial charge in [-0.2, -0.15) is 0 Å². The number of benzene rings is 2. The van der Waals surface area contributed by atoms with Crippen molar-refractivity contribution in [2.24, 2.45) is 11.7 Å². The van der Waals surface area contributed by atoms with Crippen LogP contribution in [0.5, 0.6) is 5.75 Å². The quantitative estimate of drug-likeness (QED) is 0.596. The van der Waals surface area contributed by atoms with Crippen LogP contribution in [0.1, 0.15) is 34.5 Å². The summed E-state index contributed by atoms with van der Waals surface area (Å²) in [5.74, 6) is 0.517. The molecule has 0 bridgehead atoms. The zero-order chi connectivity index (χ0) is 22.0. The molecule has 0 radical (unpaired) electrons. The van der Waals surface area contributed by atoms with Crippen molar-refractivity contribution in [2.75, 3.05) is 26.7 Å². The molecule has 1 amide bonds. The molecule has 2 N–H and O–H groups in total. The Morgan fingerprint density at radius 2 is 1.81 bits per heavy atom. The van der Waals surface area contributed by atoms with Crippen LogP contribution in [0.4, 0.5) is 0 Å². The van der Waals surface area contributed by atoms with Crippen LogP contribution < -0.4 is 10.5 Å². The van der Waals surface area contributed by atoms with Gasteiger partial charge in [-0.05, 0) is 56.6 Å². The summed E-state index contributed by atoms with van der Waals surface area (Å²) in [4.78, 5) is 27.0. The number of rotatable bonds is 7. The van der Waals surface area contributed by atoms with Gasteiger partial charge >= 0.3 is 0 Å². The summed E-state index contributed by atoms with van der Waals surface area (Å²) in [5, 5.41) is 0.921. The number of piperidine rings is 1. The minimum atomic E-state index is -0.238. The topological polar surface area (TPSA) is 77.6 Å². The van der Waals surface area contributed by atoms with Crippen LogP contribution in [0, 0.1) is 12.8 Å². The van der Waals surface area contributed by atoms with Crippen LogP contribution in [-0.4, -0.2) is 47.9 Å². The lowest BCUT2D eigenvalue weighted by molar-refractivity contribution is -0.123. The van der Waals surface area contributed by atoms with Gasteiger partial charge in [-0.25, -0.2) is 0 Å². The first-order valence-corrected chi connectivity index (χ1v) is 10.7. The molecule has 1 aliphatic rings. The SMILES string of the molecule is COc1ccc2c(c1)c(C(=O)CN1CCC(C(N)=O)CC1)c(C)n2Cc1ccccc1. The lowest BCUT2D eigenvalue weighted by atomic mass is 9.96. The number of amides is 1. The minimum absolute atomic E-state index is 0.0786. The van der Waals surface area contributed by atoms with E-state index in [1.54, 1.807) is 7.11 Å². The van der Waals surface area contributed by atoms with Gasteiger partial charge in [-0.3, -0.25) is 14.5 Å². The summed E-state index contributed by atoms with van der Waals surface area (Å²) in [5.41, 5.74) is 9.37. The molecule has 1 saturated heterocycles. The van der Waals surface area contributed by atoms with E-state index in [1.165, 1.54) is 5.56 Å². The Morgan fingerprint density at radius 3 is 2.45 bits per heavy atom. The lowest BCUT2D eigenvalue weighted by Crippen LogP contribution is -2.40. The van der Waals surface area contributed by atoms with Crippen molar-refractivity contribution in [2.45, 2.75) is 26.3 Å². The number of aromatic nitrogens is 1. The molecule has 3 aromatic rings. The van der Waals surface area contributed by atoms with Crippen LogP contribution >= 0.6 is 0 Å². The molecule has 31 heavy (non-hydrogen) atoms. The fourth-order valence-corrected chi connectivity index (χ4v) is 4.57. The highest BCUT2D eigenvalue weighted by atomic mass is 16.5. The normalized spacial score (nSPS) is 15.3. The summed E-state index contributed by atoms with van der Waals surface area (Å²) >= 11 is 0. The second-order valence-corrected chi connectivity index (χ2v) is 8.29. The first kappa shape index (κ1) is 21.1. The highest BCUT2D eigenvalue weighted by Crippen LogP contribution is 2.31. The van der Waals surface area contributed by atoms with E-state index in [0.717, 1.165) is 27.9 Å². The maximum Gasteiger partial charge on any atom is 0.220 e. The number of carbonyl (C=O) groups is 2. The molecule has 1 aliphatic heterocycles. The molecule has 2 heterocycles. The molecule has 0 aliphatic carbocycles. The number of Topliss-reactive ketones (excluding diaryl/α,β-unsaturated/α-hetero) is 1. The van der Waals surface area contributed by atoms with Crippen LogP contribution in [0.15, 0.2) is 48.5 Å². The largest absolute Gasteiger partial charge is 0.497 e. The number of hydrogen-bond acceptors (Lipinski definition) is 4. The first-order chi connectivity index (χ1) is 15.0. The zero-order valence-corrected chi connectivity index (χ0v) is 18.1. The fraction of sp³-hybridized carbons (Fsp3) is 0.360. The van der Waals surface area contributed by atoms with Crippen molar-refractivity contribution in [1.29, 1.82) is 0 Å². The van der Waals surface area contributed by atoms with Gasteiger partial charge in [0.15, 0.2) is 5.78 Å². The van der Waals surface area contributed by atoms with E-state index in [0.29, 0.717) is 39.0 Å². The third-order valence-corrected chi connectivity index (χ3v) is 6.35. The number of nitrogens with zero attached hydrogens (tertiary/aromatic N) is 2. The monoisotopic (exact) mass is 419 g/mol. The van der Waals surface area contributed by atoms with Crippen LogP contribution in [-0.2, 0) is 11.3 Å². The molecule has 6 heteroatoms. The molecular formula is C25H29N3O3. The number of nitrogens with two attached hydrogens (primary N) is 1. The molecule has 1 aromatic heterocycles. The number of ketones is 1. The summed E-state index contributed by atoms with van der Waals surface area (Å²) in [6, 6.07) is 16.2. The predicted octanol–water partition coefficient (Wildman–Crippen LogP) is 3.39. The van der Waals surface area contributed by atoms with Gasteiger partial charge in [0, 0.05) is 34.6 Å². The van der Waals surface area contributed by atoms with Crippen LogP contribution in [0.25, 0.3) is 10.9 Å². The molecule has 6 nitrogen and oxygen atoms in total. The molecule has 0 saturated carbocycles. The van der Waals surface area contributed by atoms with Crippen LogP contribution in [0.3, 0.4) is 0 Å². The van der Waals surface area contributed by atoms with Gasteiger partial charge in [-0.15, -0.1) is 0 Å². The minimum Gasteiger partial charge on any atom is -0.497 e. The highest BCUT2D eigenvalue weighted by molar-refractivity contribution is 6.10. The smallest absolute Gasteiger partial charge is 0.220 e. The van der Waals surface area contributed by atoms with E-state index in [-0.39, 0.29) is 17.6 Å². The maximum atomic E-state index is 13.4. The molecule has 2 aromatic carbocycles. The number of ether oxygens (including phenoxy) is 1. The van der Waals surface area contributed by atoms with E-state index in [9.17, 15) is 9.59 Å². The predicted molar refractivity (Wildman–Crippen MR) is 121 cm³/mol. The average molecular weight is 420 g/mol. The Bertz CT molecular complexity index is 1100. The zero-order valence-electron chi connectivity index (χ0n) is 18.1. The van der Waals surface area contributed by atoms with E-state index in [2.05, 4.69) is 21.6 Å². The Hall–Kier alpha value is -3.12. The van der Waals surface area contributed by atoms with Crippen molar-refractivity contribution < 1.29 is 14.3 Å². The number of fused-ring (bicyclic) bond motifs is 1. The second-order valence-electron chi connectivity index (χ2n) is 8.29. The molecular weight excluding hydrogens is 390 g/mol. The van der Waals surface area contributed by atoms with Crippen molar-refractivity contribution in [3.63, 3.8) is 0 Å². The van der Waals surface area contributed by atoms with Gasteiger partial charge in [0.2, 0.25) is 5.91 Å².